The summed E-state index contributed by atoms with van der Waals surface area (Å²) < 4.78 is 0. The minimum Gasteiger partial charge on any atom is -0.352 e. The quantitative estimate of drug-likeness (QED) is 0.709. The molecular formula is C17H30Cl2N4O. The summed E-state index contributed by atoms with van der Waals surface area (Å²) in [6, 6.07) is 8.00. The third-order valence-corrected chi connectivity index (χ3v) is 4.11. The average molecular weight is 377 g/mol. The van der Waals surface area contributed by atoms with Crippen LogP contribution in [-0.2, 0) is 6.54 Å². The van der Waals surface area contributed by atoms with Gasteiger partial charge in [0.1, 0.15) is 0 Å². The second kappa shape index (κ2) is 12.5. The minimum absolute atomic E-state index is 0. The van der Waals surface area contributed by atoms with Crippen LogP contribution in [0, 0.1) is 0 Å². The maximum atomic E-state index is 12.0. The van der Waals surface area contributed by atoms with Crippen molar-refractivity contribution < 1.29 is 4.79 Å². The molecule has 0 bridgehead atoms. The second-order valence-corrected chi connectivity index (χ2v) is 5.99. The van der Waals surface area contributed by atoms with E-state index in [2.05, 4.69) is 39.6 Å². The average Bonchev–Trinajstić information content (AvgIpc) is 2.54. The number of benzene rings is 1. The molecule has 24 heavy (non-hydrogen) atoms. The third kappa shape index (κ3) is 7.81. The van der Waals surface area contributed by atoms with Crippen LogP contribution in [-0.4, -0.2) is 69.1 Å². The zero-order chi connectivity index (χ0) is 15.8. The van der Waals surface area contributed by atoms with E-state index in [0.717, 1.165) is 51.3 Å². The lowest BCUT2D eigenvalue weighted by atomic mass is 10.1. The number of piperazine rings is 1. The number of rotatable bonds is 7. The lowest BCUT2D eigenvalue weighted by molar-refractivity contribution is 0.0953. The van der Waals surface area contributed by atoms with Crippen LogP contribution < -0.4 is 10.6 Å². The summed E-state index contributed by atoms with van der Waals surface area (Å²) in [5.74, 6) is 0.0160. The summed E-state index contributed by atoms with van der Waals surface area (Å²) in [7, 11) is 4.09. The third-order valence-electron chi connectivity index (χ3n) is 4.11. The molecule has 0 aromatic heterocycles. The summed E-state index contributed by atoms with van der Waals surface area (Å²) in [4.78, 5) is 16.8. The van der Waals surface area contributed by atoms with E-state index in [-0.39, 0.29) is 30.7 Å². The van der Waals surface area contributed by atoms with Crippen molar-refractivity contribution >= 4 is 30.7 Å². The Morgan fingerprint density at radius 1 is 1.04 bits per heavy atom. The summed E-state index contributed by atoms with van der Waals surface area (Å²) in [5.41, 5.74) is 2.02. The van der Waals surface area contributed by atoms with Gasteiger partial charge in [-0.15, -0.1) is 24.8 Å². The van der Waals surface area contributed by atoms with Gasteiger partial charge in [-0.05, 0) is 44.8 Å². The first-order chi connectivity index (χ1) is 10.7. The van der Waals surface area contributed by atoms with Crippen molar-refractivity contribution in [2.24, 2.45) is 0 Å². The van der Waals surface area contributed by atoms with E-state index in [1.54, 1.807) is 0 Å². The molecule has 2 N–H and O–H groups in total. The zero-order valence-corrected chi connectivity index (χ0v) is 16.2. The van der Waals surface area contributed by atoms with Crippen LogP contribution in [0.2, 0.25) is 0 Å². The topological polar surface area (TPSA) is 47.6 Å². The van der Waals surface area contributed by atoms with Gasteiger partial charge in [0, 0.05) is 44.8 Å². The standard InChI is InChI=1S/C17H28N4O.2ClH/c1-18-8-3-9-19-17(22)16-6-4-15(5-7-16)14-21-12-10-20(2)11-13-21;;/h4-7,18H,3,8-14H2,1-2H3,(H,19,22);2*1H. The molecule has 0 aliphatic carbocycles. The molecule has 0 spiro atoms. The van der Waals surface area contributed by atoms with E-state index in [1.165, 1.54) is 5.56 Å². The highest BCUT2D eigenvalue weighted by Gasteiger charge is 2.14. The number of amides is 1. The van der Waals surface area contributed by atoms with Crippen molar-refractivity contribution in [1.82, 2.24) is 20.4 Å². The van der Waals surface area contributed by atoms with Crippen molar-refractivity contribution in [3.63, 3.8) is 0 Å². The van der Waals surface area contributed by atoms with Gasteiger partial charge in [-0.1, -0.05) is 12.1 Å². The minimum atomic E-state index is 0. The van der Waals surface area contributed by atoms with Crippen LogP contribution in [0.15, 0.2) is 24.3 Å². The summed E-state index contributed by atoms with van der Waals surface area (Å²) in [6.07, 6.45) is 0.948. The van der Waals surface area contributed by atoms with Crippen LogP contribution in [0.25, 0.3) is 0 Å². The molecule has 2 rings (SSSR count). The van der Waals surface area contributed by atoms with E-state index < -0.39 is 0 Å². The van der Waals surface area contributed by atoms with Gasteiger partial charge in [-0.25, -0.2) is 0 Å². The molecule has 1 aliphatic heterocycles. The van der Waals surface area contributed by atoms with E-state index >= 15 is 0 Å². The Kier molecular flexibility index (Phi) is 12.1. The van der Waals surface area contributed by atoms with Crippen molar-refractivity contribution in [2.45, 2.75) is 13.0 Å². The first kappa shape index (κ1) is 23.1. The largest absolute Gasteiger partial charge is 0.352 e. The van der Waals surface area contributed by atoms with Gasteiger partial charge in [0.15, 0.2) is 0 Å². The maximum absolute atomic E-state index is 12.0. The Balaban J connectivity index is 0.00000264. The van der Waals surface area contributed by atoms with Gasteiger partial charge in [-0.2, -0.15) is 0 Å². The first-order valence-corrected chi connectivity index (χ1v) is 8.11. The monoisotopic (exact) mass is 376 g/mol. The fraction of sp³-hybridized carbons (Fsp3) is 0.588. The Labute approximate surface area is 158 Å². The van der Waals surface area contributed by atoms with E-state index in [9.17, 15) is 4.79 Å². The molecule has 1 fully saturated rings. The molecule has 1 heterocycles. The van der Waals surface area contributed by atoms with Gasteiger partial charge >= 0.3 is 0 Å². The van der Waals surface area contributed by atoms with Crippen LogP contribution in [0.4, 0.5) is 0 Å². The van der Waals surface area contributed by atoms with Crippen molar-refractivity contribution in [3.8, 4) is 0 Å². The molecule has 1 saturated heterocycles. The molecule has 138 valence electrons. The maximum Gasteiger partial charge on any atom is 0.251 e. The highest BCUT2D eigenvalue weighted by Crippen LogP contribution is 2.09. The van der Waals surface area contributed by atoms with Gasteiger partial charge in [0.25, 0.3) is 5.91 Å². The molecule has 0 saturated carbocycles. The van der Waals surface area contributed by atoms with Gasteiger partial charge in [0.2, 0.25) is 0 Å². The molecule has 0 atom stereocenters. The fourth-order valence-electron chi connectivity index (χ4n) is 2.59. The number of carbonyl (C=O) groups excluding carboxylic acids is 1. The number of likely N-dealkylation sites (N-methyl/N-ethyl adjacent to an activating group) is 1. The van der Waals surface area contributed by atoms with Crippen molar-refractivity contribution in [3.05, 3.63) is 35.4 Å². The number of hydrogen-bond donors (Lipinski definition) is 2. The van der Waals surface area contributed by atoms with Crippen LogP contribution >= 0.6 is 24.8 Å². The molecule has 1 amide bonds. The number of hydrogen-bond acceptors (Lipinski definition) is 4. The highest BCUT2D eigenvalue weighted by atomic mass is 35.5. The second-order valence-electron chi connectivity index (χ2n) is 5.99. The van der Waals surface area contributed by atoms with Crippen LogP contribution in [0.1, 0.15) is 22.3 Å². The predicted molar refractivity (Wildman–Crippen MR) is 105 cm³/mol. The summed E-state index contributed by atoms with van der Waals surface area (Å²) in [5, 5.41) is 6.02. The number of nitrogens with zero attached hydrogens (tertiary/aromatic N) is 2. The van der Waals surface area contributed by atoms with Crippen LogP contribution in [0.5, 0.6) is 0 Å². The first-order valence-electron chi connectivity index (χ1n) is 8.11. The van der Waals surface area contributed by atoms with E-state index in [4.69, 9.17) is 0 Å². The Bertz CT molecular complexity index is 462. The Morgan fingerprint density at radius 2 is 1.67 bits per heavy atom. The predicted octanol–water partition coefficient (Wildman–Crippen LogP) is 1.62. The molecule has 0 radical (unpaired) electrons. The molecular weight excluding hydrogens is 347 g/mol. The smallest absolute Gasteiger partial charge is 0.251 e. The summed E-state index contributed by atoms with van der Waals surface area (Å²) >= 11 is 0. The molecule has 5 nitrogen and oxygen atoms in total. The molecule has 1 aromatic rings. The van der Waals surface area contributed by atoms with Gasteiger partial charge in [0.05, 0.1) is 0 Å². The molecule has 1 aliphatic rings. The van der Waals surface area contributed by atoms with Gasteiger partial charge in [-0.3, -0.25) is 9.69 Å². The number of halogens is 2. The number of nitrogens with one attached hydrogen (secondary N) is 2. The van der Waals surface area contributed by atoms with Crippen molar-refractivity contribution in [1.29, 1.82) is 0 Å². The molecule has 1 aromatic carbocycles. The van der Waals surface area contributed by atoms with E-state index in [0.29, 0.717) is 6.54 Å². The fourth-order valence-corrected chi connectivity index (χ4v) is 2.59. The number of carbonyl (C=O) groups is 1. The lowest BCUT2D eigenvalue weighted by Crippen LogP contribution is -2.43. The zero-order valence-electron chi connectivity index (χ0n) is 14.6. The highest BCUT2D eigenvalue weighted by molar-refractivity contribution is 5.94. The van der Waals surface area contributed by atoms with Crippen molar-refractivity contribution in [2.75, 3.05) is 53.4 Å². The Hall–Kier alpha value is -0.850. The molecule has 0 unspecified atom stereocenters. The van der Waals surface area contributed by atoms with E-state index in [1.807, 2.05) is 19.2 Å². The lowest BCUT2D eigenvalue weighted by Gasteiger charge is -2.32. The Morgan fingerprint density at radius 3 is 2.25 bits per heavy atom. The normalized spacial score (nSPS) is 15.2. The SMILES string of the molecule is CNCCCNC(=O)c1ccc(CN2CCN(C)CC2)cc1.Cl.Cl. The van der Waals surface area contributed by atoms with Crippen LogP contribution in [0.3, 0.4) is 0 Å². The summed E-state index contributed by atoms with van der Waals surface area (Å²) in [6.45, 7) is 7.10. The van der Waals surface area contributed by atoms with Gasteiger partial charge < -0.3 is 15.5 Å². The molecule has 7 heteroatoms.